The number of rotatable bonds is 5. The third-order valence-corrected chi connectivity index (χ3v) is 3.16. The van der Waals surface area contributed by atoms with Crippen LogP contribution in [-0.2, 0) is 4.79 Å². The number of carbonyl (C=O) groups excluding carboxylic acids is 1. The van der Waals surface area contributed by atoms with E-state index in [1.54, 1.807) is 24.1 Å². The molecule has 0 saturated carbocycles. The highest BCUT2D eigenvalue weighted by Crippen LogP contribution is 2.25. The number of nitro benzene ring substituents is 1. The first kappa shape index (κ1) is 14.7. The normalized spacial score (nSPS) is 9.94. The van der Waals surface area contributed by atoms with Gasteiger partial charge in [0.05, 0.1) is 11.5 Å². The van der Waals surface area contributed by atoms with Gasteiger partial charge in [-0.2, -0.15) is 0 Å². The zero-order valence-corrected chi connectivity index (χ0v) is 12.3. The van der Waals surface area contributed by atoms with Crippen LogP contribution in [0.1, 0.15) is 6.92 Å². The van der Waals surface area contributed by atoms with Gasteiger partial charge in [-0.25, -0.2) is 0 Å². The van der Waals surface area contributed by atoms with Gasteiger partial charge in [-0.3, -0.25) is 14.9 Å². The summed E-state index contributed by atoms with van der Waals surface area (Å²) in [4.78, 5) is 23.6. The van der Waals surface area contributed by atoms with Crippen molar-refractivity contribution in [3.63, 3.8) is 0 Å². The standard InChI is InChI=1S/C11H14IN3O3/c1-3-14(2)11(16)7-13-9-5-4-8(12)6-10(9)15(17)18/h4-6,13H,3,7H2,1-2H3. The van der Waals surface area contributed by atoms with Gasteiger partial charge in [0.2, 0.25) is 5.91 Å². The molecule has 0 aliphatic carbocycles. The summed E-state index contributed by atoms with van der Waals surface area (Å²) in [6, 6.07) is 4.83. The van der Waals surface area contributed by atoms with E-state index in [1.807, 2.05) is 29.5 Å². The van der Waals surface area contributed by atoms with Gasteiger partial charge in [0.25, 0.3) is 5.69 Å². The number of halogens is 1. The van der Waals surface area contributed by atoms with E-state index < -0.39 is 4.92 Å². The van der Waals surface area contributed by atoms with Crippen molar-refractivity contribution >= 4 is 39.9 Å². The Kier molecular flexibility index (Phi) is 5.32. The molecule has 0 spiro atoms. The van der Waals surface area contributed by atoms with Crippen LogP contribution in [0.25, 0.3) is 0 Å². The van der Waals surface area contributed by atoms with E-state index in [0.717, 1.165) is 3.57 Å². The molecule has 1 aromatic rings. The molecule has 0 heterocycles. The Bertz CT molecular complexity index is 465. The summed E-state index contributed by atoms with van der Waals surface area (Å²) >= 11 is 2.01. The molecule has 18 heavy (non-hydrogen) atoms. The van der Waals surface area contributed by atoms with Gasteiger partial charge in [-0.05, 0) is 41.6 Å². The average Bonchev–Trinajstić information content (AvgIpc) is 2.35. The molecule has 6 nitrogen and oxygen atoms in total. The molecule has 0 aliphatic rings. The second-order valence-corrected chi connectivity index (χ2v) is 4.93. The molecule has 98 valence electrons. The fraction of sp³-hybridized carbons (Fsp3) is 0.364. The lowest BCUT2D eigenvalue weighted by molar-refractivity contribution is -0.384. The number of nitrogens with one attached hydrogen (secondary N) is 1. The first-order valence-electron chi connectivity index (χ1n) is 5.37. The van der Waals surface area contributed by atoms with Crippen molar-refractivity contribution in [2.45, 2.75) is 6.92 Å². The topological polar surface area (TPSA) is 75.5 Å². The van der Waals surface area contributed by atoms with Crippen LogP contribution in [0.3, 0.4) is 0 Å². The average molecular weight is 363 g/mol. The van der Waals surface area contributed by atoms with Crippen LogP contribution in [0.15, 0.2) is 18.2 Å². The monoisotopic (exact) mass is 363 g/mol. The van der Waals surface area contributed by atoms with Crippen LogP contribution in [0.4, 0.5) is 11.4 Å². The van der Waals surface area contributed by atoms with Crippen molar-refractivity contribution in [1.29, 1.82) is 0 Å². The fourth-order valence-corrected chi connectivity index (χ4v) is 1.76. The van der Waals surface area contributed by atoms with Gasteiger partial charge >= 0.3 is 0 Å². The summed E-state index contributed by atoms with van der Waals surface area (Å²) < 4.78 is 0.779. The number of anilines is 1. The quantitative estimate of drug-likeness (QED) is 0.494. The summed E-state index contributed by atoms with van der Waals surface area (Å²) in [6.07, 6.45) is 0. The zero-order valence-electron chi connectivity index (χ0n) is 10.1. The number of nitrogens with zero attached hydrogens (tertiary/aromatic N) is 2. The first-order chi connectivity index (χ1) is 8.45. The summed E-state index contributed by atoms with van der Waals surface area (Å²) in [5.74, 6) is -0.106. The molecule has 1 amide bonds. The van der Waals surface area contributed by atoms with E-state index in [-0.39, 0.29) is 18.1 Å². The van der Waals surface area contributed by atoms with Crippen LogP contribution in [0.5, 0.6) is 0 Å². The van der Waals surface area contributed by atoms with Crippen LogP contribution in [-0.4, -0.2) is 35.9 Å². The molecule has 1 aromatic carbocycles. The Morgan fingerprint density at radius 3 is 2.78 bits per heavy atom. The Labute approximate surface area is 119 Å². The molecule has 0 aliphatic heterocycles. The van der Waals surface area contributed by atoms with Crippen LogP contribution >= 0.6 is 22.6 Å². The lowest BCUT2D eigenvalue weighted by Gasteiger charge is -2.15. The van der Waals surface area contributed by atoms with Gasteiger partial charge in [0.1, 0.15) is 5.69 Å². The minimum absolute atomic E-state index is 0.0196. The molecule has 0 aromatic heterocycles. The van der Waals surface area contributed by atoms with Gasteiger partial charge in [-0.1, -0.05) is 0 Å². The number of nitro groups is 1. The van der Waals surface area contributed by atoms with Crippen LogP contribution < -0.4 is 5.32 Å². The maximum atomic E-state index is 11.6. The molecule has 0 atom stereocenters. The highest BCUT2D eigenvalue weighted by molar-refractivity contribution is 14.1. The summed E-state index contributed by atoms with van der Waals surface area (Å²) in [6.45, 7) is 2.52. The van der Waals surface area contributed by atoms with Crippen molar-refractivity contribution in [2.24, 2.45) is 0 Å². The third kappa shape index (κ3) is 3.83. The Balaban J connectivity index is 2.79. The minimum Gasteiger partial charge on any atom is -0.371 e. The van der Waals surface area contributed by atoms with Crippen LogP contribution in [0.2, 0.25) is 0 Å². The second kappa shape index (κ2) is 6.53. The predicted molar refractivity (Wildman–Crippen MR) is 77.6 cm³/mol. The smallest absolute Gasteiger partial charge is 0.293 e. The highest BCUT2D eigenvalue weighted by Gasteiger charge is 2.15. The number of likely N-dealkylation sites (N-methyl/N-ethyl adjacent to an activating group) is 1. The molecule has 0 unspecified atom stereocenters. The van der Waals surface area contributed by atoms with E-state index >= 15 is 0 Å². The zero-order chi connectivity index (χ0) is 13.7. The second-order valence-electron chi connectivity index (χ2n) is 3.68. The van der Waals surface area contributed by atoms with E-state index in [2.05, 4.69) is 5.32 Å². The summed E-state index contributed by atoms with van der Waals surface area (Å²) in [7, 11) is 1.69. The predicted octanol–water partition coefficient (Wildman–Crippen LogP) is 2.09. The molecular weight excluding hydrogens is 349 g/mol. The van der Waals surface area contributed by atoms with Crippen molar-refractivity contribution < 1.29 is 9.72 Å². The van der Waals surface area contributed by atoms with E-state index in [0.29, 0.717) is 12.2 Å². The van der Waals surface area contributed by atoms with E-state index in [1.165, 1.54) is 6.07 Å². The minimum atomic E-state index is -0.460. The molecule has 7 heteroatoms. The van der Waals surface area contributed by atoms with Gasteiger partial charge in [-0.15, -0.1) is 0 Å². The molecule has 0 radical (unpaired) electrons. The van der Waals surface area contributed by atoms with Crippen molar-refractivity contribution in [3.05, 3.63) is 31.9 Å². The molecular formula is C11H14IN3O3. The summed E-state index contributed by atoms with van der Waals surface area (Å²) in [5.41, 5.74) is 0.340. The number of benzene rings is 1. The SMILES string of the molecule is CCN(C)C(=O)CNc1ccc(I)cc1[N+](=O)[O-]. The summed E-state index contributed by atoms with van der Waals surface area (Å²) in [5, 5.41) is 13.7. The Morgan fingerprint density at radius 2 is 2.22 bits per heavy atom. The van der Waals surface area contributed by atoms with Gasteiger partial charge in [0.15, 0.2) is 0 Å². The van der Waals surface area contributed by atoms with E-state index in [4.69, 9.17) is 0 Å². The van der Waals surface area contributed by atoms with E-state index in [9.17, 15) is 14.9 Å². The number of hydrogen-bond donors (Lipinski definition) is 1. The number of hydrogen-bond acceptors (Lipinski definition) is 4. The lowest BCUT2D eigenvalue weighted by atomic mass is 10.2. The Hall–Kier alpha value is -1.38. The molecule has 1 rings (SSSR count). The Morgan fingerprint density at radius 1 is 1.56 bits per heavy atom. The molecule has 0 bridgehead atoms. The van der Waals surface area contributed by atoms with Gasteiger partial charge < -0.3 is 10.2 Å². The molecule has 0 fully saturated rings. The highest BCUT2D eigenvalue weighted by atomic mass is 127. The van der Waals surface area contributed by atoms with Crippen molar-refractivity contribution in [2.75, 3.05) is 25.5 Å². The third-order valence-electron chi connectivity index (χ3n) is 2.49. The number of amides is 1. The number of carbonyl (C=O) groups is 1. The fourth-order valence-electron chi connectivity index (χ4n) is 1.29. The van der Waals surface area contributed by atoms with Crippen molar-refractivity contribution in [1.82, 2.24) is 4.90 Å². The first-order valence-corrected chi connectivity index (χ1v) is 6.45. The maximum Gasteiger partial charge on any atom is 0.293 e. The molecule has 1 N–H and O–H groups in total. The largest absolute Gasteiger partial charge is 0.371 e. The molecule has 0 saturated heterocycles. The van der Waals surface area contributed by atoms with Gasteiger partial charge in [0, 0.05) is 23.2 Å². The van der Waals surface area contributed by atoms with Crippen molar-refractivity contribution in [3.8, 4) is 0 Å². The maximum absolute atomic E-state index is 11.6. The van der Waals surface area contributed by atoms with Crippen LogP contribution in [0, 0.1) is 13.7 Å². The lowest BCUT2D eigenvalue weighted by Crippen LogP contribution is -2.31.